The molecule has 0 aromatic carbocycles. The van der Waals surface area contributed by atoms with Gasteiger partial charge in [-0.2, -0.15) is 0 Å². The summed E-state index contributed by atoms with van der Waals surface area (Å²) >= 11 is 0. The summed E-state index contributed by atoms with van der Waals surface area (Å²) in [5.74, 6) is 0.918. The Labute approximate surface area is 86.0 Å². The topological polar surface area (TPSA) is 20.3 Å². The number of fused-ring (bicyclic) bond motifs is 1. The Kier molecular flexibility index (Phi) is 2.62. The van der Waals surface area contributed by atoms with Crippen LogP contribution in [0.1, 0.15) is 39.5 Å². The number of hydrogen-bond donors (Lipinski definition) is 0. The Morgan fingerprint density at radius 3 is 2.93 bits per heavy atom. The lowest BCUT2D eigenvalue weighted by Gasteiger charge is -2.30. The Morgan fingerprint density at radius 2 is 2.21 bits per heavy atom. The number of amides is 1. The van der Waals surface area contributed by atoms with Gasteiger partial charge in [-0.25, -0.2) is 0 Å². The van der Waals surface area contributed by atoms with Gasteiger partial charge in [0.15, 0.2) is 0 Å². The van der Waals surface area contributed by atoms with E-state index in [4.69, 9.17) is 0 Å². The highest BCUT2D eigenvalue weighted by atomic mass is 16.2. The number of allylic oxidation sites excluding steroid dienone is 1. The maximum atomic E-state index is 11.7. The molecule has 0 saturated carbocycles. The average molecular weight is 193 g/mol. The minimum Gasteiger partial charge on any atom is -0.336 e. The number of nitrogens with zero attached hydrogens (tertiary/aromatic N) is 1. The van der Waals surface area contributed by atoms with Crippen molar-refractivity contribution in [3.63, 3.8) is 0 Å². The molecule has 2 heteroatoms. The number of carbonyl (C=O) groups excluding carboxylic acids is 1. The van der Waals surface area contributed by atoms with Crippen LogP contribution in [0.4, 0.5) is 0 Å². The predicted molar refractivity (Wildman–Crippen MR) is 56.9 cm³/mol. The Balaban J connectivity index is 2.17. The van der Waals surface area contributed by atoms with E-state index in [2.05, 4.69) is 24.8 Å². The van der Waals surface area contributed by atoms with Crippen LogP contribution in [0.15, 0.2) is 11.6 Å². The van der Waals surface area contributed by atoms with Crippen LogP contribution in [0.2, 0.25) is 0 Å². The fraction of sp³-hybridized carbons (Fsp3) is 0.750. The molecule has 78 valence electrons. The zero-order chi connectivity index (χ0) is 10.1. The molecule has 0 N–H and O–H groups in total. The fourth-order valence-corrected chi connectivity index (χ4v) is 2.61. The molecule has 2 saturated heterocycles. The molecule has 0 radical (unpaired) electrons. The van der Waals surface area contributed by atoms with Crippen molar-refractivity contribution < 1.29 is 4.79 Å². The first-order valence-electron chi connectivity index (χ1n) is 5.68. The minimum absolute atomic E-state index is 0.349. The lowest BCUT2D eigenvalue weighted by Crippen LogP contribution is -2.37. The highest BCUT2D eigenvalue weighted by molar-refractivity contribution is 5.83. The summed E-state index contributed by atoms with van der Waals surface area (Å²) in [5, 5.41) is 0. The summed E-state index contributed by atoms with van der Waals surface area (Å²) < 4.78 is 0. The number of rotatable bonds is 1. The molecule has 2 rings (SSSR count). The second kappa shape index (κ2) is 3.76. The third kappa shape index (κ3) is 1.70. The van der Waals surface area contributed by atoms with Crippen molar-refractivity contribution in [2.75, 3.05) is 6.54 Å². The molecule has 0 aliphatic carbocycles. The molecule has 2 aliphatic rings. The third-order valence-corrected chi connectivity index (χ3v) is 3.15. The third-order valence-electron chi connectivity index (χ3n) is 3.15. The number of carbonyl (C=O) groups is 1. The van der Waals surface area contributed by atoms with Gasteiger partial charge in [-0.15, -0.1) is 0 Å². The van der Waals surface area contributed by atoms with Gasteiger partial charge in [0, 0.05) is 13.0 Å². The maximum absolute atomic E-state index is 11.7. The van der Waals surface area contributed by atoms with Crippen molar-refractivity contribution >= 4 is 5.91 Å². The molecule has 1 amide bonds. The molecule has 1 unspecified atom stereocenters. The van der Waals surface area contributed by atoms with Crippen LogP contribution < -0.4 is 0 Å². The standard InChI is InChI=1S/C12H19NO/c1-9(2)7-10-8-12(14)13-6-4-3-5-11(10)13/h7,9,11H,3-6,8H2,1-2H3/b10-7+. The quantitative estimate of drug-likeness (QED) is 0.585. The smallest absolute Gasteiger partial charge is 0.227 e. The highest BCUT2D eigenvalue weighted by Gasteiger charge is 2.36. The summed E-state index contributed by atoms with van der Waals surface area (Å²) in [5.41, 5.74) is 1.38. The first-order valence-corrected chi connectivity index (χ1v) is 5.68. The van der Waals surface area contributed by atoms with Crippen LogP contribution in [0.5, 0.6) is 0 Å². The van der Waals surface area contributed by atoms with Crippen LogP contribution in [-0.2, 0) is 4.79 Å². The van der Waals surface area contributed by atoms with Crippen molar-refractivity contribution in [1.29, 1.82) is 0 Å². The zero-order valence-electron chi connectivity index (χ0n) is 9.12. The highest BCUT2D eigenvalue weighted by Crippen LogP contribution is 2.32. The van der Waals surface area contributed by atoms with E-state index in [9.17, 15) is 4.79 Å². The summed E-state index contributed by atoms with van der Waals surface area (Å²) in [4.78, 5) is 13.8. The van der Waals surface area contributed by atoms with Crippen LogP contribution in [-0.4, -0.2) is 23.4 Å². The predicted octanol–water partition coefficient (Wildman–Crippen LogP) is 2.35. The SMILES string of the molecule is CC(C)/C=C1\CC(=O)N2CCCCC12. The first-order chi connectivity index (χ1) is 6.68. The molecule has 0 aromatic rings. The van der Waals surface area contributed by atoms with E-state index in [0.29, 0.717) is 24.3 Å². The summed E-state index contributed by atoms with van der Waals surface area (Å²) in [6.07, 6.45) is 6.63. The van der Waals surface area contributed by atoms with E-state index in [1.807, 2.05) is 0 Å². The summed E-state index contributed by atoms with van der Waals surface area (Å²) in [6, 6.07) is 0.457. The second-order valence-electron chi connectivity index (χ2n) is 4.76. The monoisotopic (exact) mass is 193 g/mol. The largest absolute Gasteiger partial charge is 0.336 e. The Bertz CT molecular complexity index is 267. The van der Waals surface area contributed by atoms with Crippen molar-refractivity contribution in [3.8, 4) is 0 Å². The molecule has 0 bridgehead atoms. The van der Waals surface area contributed by atoms with E-state index < -0.39 is 0 Å². The van der Waals surface area contributed by atoms with E-state index in [1.54, 1.807) is 0 Å². The van der Waals surface area contributed by atoms with Gasteiger partial charge in [0.05, 0.1) is 6.04 Å². The van der Waals surface area contributed by atoms with Crippen molar-refractivity contribution in [3.05, 3.63) is 11.6 Å². The maximum Gasteiger partial charge on any atom is 0.227 e. The van der Waals surface area contributed by atoms with Gasteiger partial charge in [-0.05, 0) is 30.8 Å². The van der Waals surface area contributed by atoms with Crippen LogP contribution in [0.3, 0.4) is 0 Å². The van der Waals surface area contributed by atoms with E-state index in [1.165, 1.54) is 24.8 Å². The van der Waals surface area contributed by atoms with Crippen molar-refractivity contribution in [2.45, 2.75) is 45.6 Å². The van der Waals surface area contributed by atoms with Gasteiger partial charge in [0.1, 0.15) is 0 Å². The van der Waals surface area contributed by atoms with Gasteiger partial charge in [-0.1, -0.05) is 19.9 Å². The second-order valence-corrected chi connectivity index (χ2v) is 4.76. The molecule has 2 heterocycles. The summed E-state index contributed by atoms with van der Waals surface area (Å²) in [6.45, 7) is 5.35. The zero-order valence-corrected chi connectivity index (χ0v) is 9.12. The molecule has 2 aliphatic heterocycles. The van der Waals surface area contributed by atoms with Gasteiger partial charge < -0.3 is 4.90 Å². The Morgan fingerprint density at radius 1 is 1.43 bits per heavy atom. The van der Waals surface area contributed by atoms with Crippen molar-refractivity contribution in [1.82, 2.24) is 4.90 Å². The molecule has 0 spiro atoms. The summed E-state index contributed by atoms with van der Waals surface area (Å²) in [7, 11) is 0. The van der Waals surface area contributed by atoms with Gasteiger partial charge in [0.2, 0.25) is 5.91 Å². The molecule has 0 aromatic heterocycles. The van der Waals surface area contributed by atoms with Crippen molar-refractivity contribution in [2.24, 2.45) is 5.92 Å². The molecular formula is C12H19NO. The lowest BCUT2D eigenvalue weighted by atomic mass is 9.96. The number of hydrogen-bond acceptors (Lipinski definition) is 1. The van der Waals surface area contributed by atoms with Crippen LogP contribution >= 0.6 is 0 Å². The average Bonchev–Trinajstić information content (AvgIpc) is 2.44. The molecule has 2 nitrogen and oxygen atoms in total. The molecule has 1 atom stereocenters. The minimum atomic E-state index is 0.349. The van der Waals surface area contributed by atoms with Gasteiger partial charge in [-0.3, -0.25) is 4.79 Å². The number of piperidine rings is 1. The molecule has 14 heavy (non-hydrogen) atoms. The first kappa shape index (κ1) is 9.75. The van der Waals surface area contributed by atoms with Crippen LogP contribution in [0, 0.1) is 5.92 Å². The molecule has 2 fully saturated rings. The Hall–Kier alpha value is -0.790. The van der Waals surface area contributed by atoms with Gasteiger partial charge >= 0.3 is 0 Å². The normalized spacial score (nSPS) is 30.2. The lowest BCUT2D eigenvalue weighted by molar-refractivity contribution is -0.129. The van der Waals surface area contributed by atoms with E-state index >= 15 is 0 Å². The van der Waals surface area contributed by atoms with Crippen LogP contribution in [0.25, 0.3) is 0 Å². The fourth-order valence-electron chi connectivity index (χ4n) is 2.61. The van der Waals surface area contributed by atoms with Gasteiger partial charge in [0.25, 0.3) is 0 Å². The van der Waals surface area contributed by atoms with E-state index in [-0.39, 0.29) is 0 Å². The van der Waals surface area contributed by atoms with E-state index in [0.717, 1.165) is 6.54 Å². The molecular weight excluding hydrogens is 174 g/mol.